The van der Waals surface area contributed by atoms with Gasteiger partial charge < -0.3 is 9.47 Å². The molecule has 1 aromatic carbocycles. The molecular formula is C14H16ClNO3. The predicted molar refractivity (Wildman–Crippen MR) is 75.3 cm³/mol. The second-order valence-corrected chi connectivity index (χ2v) is 4.95. The van der Waals surface area contributed by atoms with Gasteiger partial charge >= 0.3 is 6.09 Å². The number of aromatic nitrogens is 1. The van der Waals surface area contributed by atoms with E-state index in [1.165, 1.54) is 4.57 Å². The average molecular weight is 282 g/mol. The normalized spacial score (nSPS) is 11.1. The van der Waals surface area contributed by atoms with Crippen molar-refractivity contribution >= 4 is 28.6 Å². The van der Waals surface area contributed by atoms with Crippen LogP contribution in [-0.4, -0.2) is 23.9 Å². The molecule has 2 rings (SSSR count). The summed E-state index contributed by atoms with van der Waals surface area (Å²) in [5.74, 6) is 0.587. The predicted octanol–water partition coefficient (Wildman–Crippen LogP) is 4.00. The molecule has 0 spiro atoms. The quantitative estimate of drug-likeness (QED) is 0.835. The van der Waals surface area contributed by atoms with Crippen LogP contribution in [0.4, 0.5) is 4.79 Å². The number of ether oxygens (including phenoxy) is 2. The minimum Gasteiger partial charge on any atom is -0.495 e. The van der Waals surface area contributed by atoms with Gasteiger partial charge in [-0.2, -0.15) is 0 Å². The van der Waals surface area contributed by atoms with Gasteiger partial charge in [-0.25, -0.2) is 9.36 Å². The molecule has 102 valence electrons. The van der Waals surface area contributed by atoms with Crippen LogP contribution in [0.2, 0.25) is 5.02 Å². The van der Waals surface area contributed by atoms with Gasteiger partial charge in [-0.1, -0.05) is 11.6 Å². The number of nitrogens with zero attached hydrogens (tertiary/aromatic N) is 1. The van der Waals surface area contributed by atoms with Gasteiger partial charge in [-0.15, -0.1) is 0 Å². The Bertz CT molecular complexity index is 631. The summed E-state index contributed by atoms with van der Waals surface area (Å²) >= 11 is 6.25. The van der Waals surface area contributed by atoms with E-state index in [0.717, 1.165) is 11.1 Å². The fourth-order valence-corrected chi connectivity index (χ4v) is 2.30. The van der Waals surface area contributed by atoms with Gasteiger partial charge in [0.1, 0.15) is 5.75 Å². The Hall–Kier alpha value is -1.68. The van der Waals surface area contributed by atoms with Gasteiger partial charge in [0, 0.05) is 11.1 Å². The second kappa shape index (κ2) is 5.13. The van der Waals surface area contributed by atoms with Gasteiger partial charge in [0.25, 0.3) is 0 Å². The van der Waals surface area contributed by atoms with E-state index >= 15 is 0 Å². The van der Waals surface area contributed by atoms with E-state index in [9.17, 15) is 4.79 Å². The largest absolute Gasteiger partial charge is 0.495 e. The first kappa shape index (κ1) is 13.7. The van der Waals surface area contributed by atoms with Gasteiger partial charge in [0.05, 0.1) is 23.8 Å². The minimum absolute atomic E-state index is 0.168. The Kier molecular flexibility index (Phi) is 3.71. The van der Waals surface area contributed by atoms with Crippen molar-refractivity contribution in [3.05, 3.63) is 28.9 Å². The second-order valence-electron chi connectivity index (χ2n) is 4.57. The van der Waals surface area contributed by atoms with E-state index in [4.69, 9.17) is 21.1 Å². The Labute approximate surface area is 116 Å². The molecular weight excluding hydrogens is 266 g/mol. The van der Waals surface area contributed by atoms with Crippen LogP contribution < -0.4 is 4.74 Å². The summed E-state index contributed by atoms with van der Waals surface area (Å²) in [7, 11) is 1.56. The smallest absolute Gasteiger partial charge is 0.418 e. The molecule has 0 amide bonds. The molecule has 1 heterocycles. The lowest BCUT2D eigenvalue weighted by Gasteiger charge is -2.11. The minimum atomic E-state index is -0.399. The van der Waals surface area contributed by atoms with Crippen molar-refractivity contribution in [2.24, 2.45) is 0 Å². The van der Waals surface area contributed by atoms with E-state index < -0.39 is 6.09 Å². The molecule has 0 unspecified atom stereocenters. The number of benzene rings is 1. The number of hydrogen-bond acceptors (Lipinski definition) is 3. The third-order valence-electron chi connectivity index (χ3n) is 2.81. The molecule has 0 aliphatic rings. The molecule has 0 N–H and O–H groups in total. The lowest BCUT2D eigenvalue weighted by Crippen LogP contribution is -2.18. The summed E-state index contributed by atoms with van der Waals surface area (Å²) < 4.78 is 11.9. The maximum atomic E-state index is 12.1. The highest BCUT2D eigenvalue weighted by molar-refractivity contribution is 6.37. The molecule has 5 heteroatoms. The number of aryl methyl sites for hydroxylation is 1. The molecule has 19 heavy (non-hydrogen) atoms. The molecule has 0 bridgehead atoms. The zero-order chi connectivity index (χ0) is 14.2. The Balaban J connectivity index is 2.60. The first-order chi connectivity index (χ1) is 8.95. The third kappa shape index (κ3) is 2.40. The number of hydrogen-bond donors (Lipinski definition) is 0. The number of carbonyl (C=O) groups excluding carboxylic acids is 1. The van der Waals surface area contributed by atoms with Crippen molar-refractivity contribution < 1.29 is 14.3 Å². The monoisotopic (exact) mass is 281 g/mol. The molecule has 0 aliphatic carbocycles. The van der Waals surface area contributed by atoms with Crippen LogP contribution in [0.1, 0.15) is 19.5 Å². The van der Waals surface area contributed by atoms with E-state index in [2.05, 4.69) is 0 Å². The van der Waals surface area contributed by atoms with Crippen LogP contribution in [0.15, 0.2) is 18.2 Å². The van der Waals surface area contributed by atoms with Crippen molar-refractivity contribution in [1.29, 1.82) is 0 Å². The summed E-state index contributed by atoms with van der Waals surface area (Å²) in [6, 6.07) is 5.39. The first-order valence-electron chi connectivity index (χ1n) is 6.01. The third-order valence-corrected chi connectivity index (χ3v) is 3.20. The summed E-state index contributed by atoms with van der Waals surface area (Å²) in [5, 5.41) is 1.28. The van der Waals surface area contributed by atoms with Crippen molar-refractivity contribution in [1.82, 2.24) is 4.57 Å². The topological polar surface area (TPSA) is 40.5 Å². The van der Waals surface area contributed by atoms with Crippen LogP contribution in [-0.2, 0) is 4.74 Å². The standard InChI is InChI=1S/C14H16ClNO3/c1-8(2)19-14(17)16-9(3)7-10-11(16)5-6-12(18-4)13(10)15/h5-8H,1-4H3. The highest BCUT2D eigenvalue weighted by Crippen LogP contribution is 2.34. The highest BCUT2D eigenvalue weighted by Gasteiger charge is 2.18. The SMILES string of the molecule is COc1ccc2c(cc(C)n2C(=O)OC(C)C)c1Cl. The number of rotatable bonds is 2. The van der Waals surface area contributed by atoms with Crippen molar-refractivity contribution in [3.8, 4) is 5.75 Å². The Morgan fingerprint density at radius 1 is 1.37 bits per heavy atom. The van der Waals surface area contributed by atoms with Gasteiger partial charge in [0.2, 0.25) is 0 Å². The van der Waals surface area contributed by atoms with Gasteiger partial charge in [0.15, 0.2) is 0 Å². The molecule has 0 atom stereocenters. The van der Waals surface area contributed by atoms with E-state index in [0.29, 0.717) is 16.3 Å². The Morgan fingerprint density at radius 2 is 2.05 bits per heavy atom. The number of fused-ring (bicyclic) bond motifs is 1. The number of carbonyl (C=O) groups is 1. The van der Waals surface area contributed by atoms with Crippen LogP contribution in [0.25, 0.3) is 10.9 Å². The van der Waals surface area contributed by atoms with Crippen molar-refractivity contribution in [2.45, 2.75) is 26.9 Å². The fraction of sp³-hybridized carbons (Fsp3) is 0.357. The van der Waals surface area contributed by atoms with E-state index in [-0.39, 0.29) is 6.10 Å². The first-order valence-corrected chi connectivity index (χ1v) is 6.39. The molecule has 1 aromatic heterocycles. The zero-order valence-electron chi connectivity index (χ0n) is 11.4. The lowest BCUT2D eigenvalue weighted by atomic mass is 10.2. The maximum absolute atomic E-state index is 12.1. The molecule has 0 radical (unpaired) electrons. The highest BCUT2D eigenvalue weighted by atomic mass is 35.5. The molecule has 0 fully saturated rings. The zero-order valence-corrected chi connectivity index (χ0v) is 12.1. The summed E-state index contributed by atoms with van der Waals surface area (Å²) in [4.78, 5) is 12.1. The molecule has 0 aliphatic heterocycles. The Morgan fingerprint density at radius 3 is 2.63 bits per heavy atom. The maximum Gasteiger partial charge on any atom is 0.418 e. The van der Waals surface area contributed by atoms with Crippen LogP contribution in [0, 0.1) is 6.92 Å². The van der Waals surface area contributed by atoms with Crippen LogP contribution >= 0.6 is 11.6 Å². The summed E-state index contributed by atoms with van der Waals surface area (Å²) in [5.41, 5.74) is 1.49. The molecule has 0 saturated carbocycles. The van der Waals surface area contributed by atoms with Crippen LogP contribution in [0.5, 0.6) is 5.75 Å². The molecule has 4 nitrogen and oxygen atoms in total. The van der Waals surface area contributed by atoms with E-state index in [1.54, 1.807) is 19.2 Å². The number of halogens is 1. The van der Waals surface area contributed by atoms with Crippen molar-refractivity contribution in [3.63, 3.8) is 0 Å². The lowest BCUT2D eigenvalue weighted by molar-refractivity contribution is 0.117. The van der Waals surface area contributed by atoms with E-state index in [1.807, 2.05) is 26.8 Å². The molecule has 0 saturated heterocycles. The fourth-order valence-electron chi connectivity index (χ4n) is 2.01. The van der Waals surface area contributed by atoms with Crippen LogP contribution in [0.3, 0.4) is 0 Å². The van der Waals surface area contributed by atoms with Crippen molar-refractivity contribution in [2.75, 3.05) is 7.11 Å². The average Bonchev–Trinajstić information content (AvgIpc) is 2.66. The van der Waals surface area contributed by atoms with Gasteiger partial charge in [-0.05, 0) is 39.0 Å². The number of methoxy groups -OCH3 is 1. The molecule has 2 aromatic rings. The summed E-state index contributed by atoms with van der Waals surface area (Å²) in [6.45, 7) is 5.47. The summed E-state index contributed by atoms with van der Waals surface area (Å²) in [6.07, 6.45) is -0.568. The van der Waals surface area contributed by atoms with Gasteiger partial charge in [-0.3, -0.25) is 0 Å².